The number of hydrogen-bond donors (Lipinski definition) is 0. The van der Waals surface area contributed by atoms with Crippen LogP contribution in [0.4, 0.5) is 4.39 Å². The molecule has 2 aromatic carbocycles. The predicted molar refractivity (Wildman–Crippen MR) is 78.8 cm³/mol. The fourth-order valence-electron chi connectivity index (χ4n) is 1.88. The maximum atomic E-state index is 13.2. The Bertz CT molecular complexity index is 768. The van der Waals surface area contributed by atoms with E-state index in [0.717, 1.165) is 0 Å². The minimum absolute atomic E-state index is 0.292. The summed E-state index contributed by atoms with van der Waals surface area (Å²) in [5.41, 5.74) is 1.27. The average molecular weight is 323 g/mol. The van der Waals surface area contributed by atoms with Gasteiger partial charge in [0.05, 0.1) is 6.54 Å². The quantitative estimate of drug-likeness (QED) is 0.736. The molecule has 3 aromatic rings. The van der Waals surface area contributed by atoms with Crippen LogP contribution in [0.25, 0.3) is 11.4 Å². The normalized spacial score (nSPS) is 10.8. The third kappa shape index (κ3) is 3.04. The third-order valence-corrected chi connectivity index (χ3v) is 3.61. The number of hydrogen-bond acceptors (Lipinski definition) is 3. The standard InChI is InChI=1S/C14H9Cl2FN4/c15-12-5-2-6-13(16)11(12)8-21-19-14(18-20-21)9-3-1-4-10(17)7-9/h1-7H,8H2. The maximum Gasteiger partial charge on any atom is 0.205 e. The molecule has 0 saturated heterocycles. The summed E-state index contributed by atoms with van der Waals surface area (Å²) >= 11 is 12.2. The molecule has 1 aromatic heterocycles. The molecular weight excluding hydrogens is 314 g/mol. The van der Waals surface area contributed by atoms with Crippen LogP contribution < -0.4 is 0 Å². The van der Waals surface area contributed by atoms with E-state index in [1.165, 1.54) is 16.9 Å². The van der Waals surface area contributed by atoms with E-state index in [4.69, 9.17) is 23.2 Å². The lowest BCUT2D eigenvalue weighted by Crippen LogP contribution is -2.05. The van der Waals surface area contributed by atoms with E-state index in [9.17, 15) is 4.39 Å². The minimum Gasteiger partial charge on any atom is -0.207 e. The number of tetrazole rings is 1. The van der Waals surface area contributed by atoms with Crippen LogP contribution in [-0.4, -0.2) is 20.2 Å². The van der Waals surface area contributed by atoms with Gasteiger partial charge in [-0.15, -0.1) is 10.2 Å². The molecule has 0 N–H and O–H groups in total. The first kappa shape index (κ1) is 14.0. The van der Waals surface area contributed by atoms with Crippen molar-refractivity contribution >= 4 is 23.2 Å². The Labute approximate surface area is 130 Å². The van der Waals surface area contributed by atoms with Crippen LogP contribution in [0.5, 0.6) is 0 Å². The van der Waals surface area contributed by atoms with Gasteiger partial charge in [-0.1, -0.05) is 41.4 Å². The first-order valence-electron chi connectivity index (χ1n) is 6.10. The van der Waals surface area contributed by atoms with Crippen molar-refractivity contribution in [1.29, 1.82) is 0 Å². The second-order valence-electron chi connectivity index (χ2n) is 4.35. The highest BCUT2D eigenvalue weighted by molar-refractivity contribution is 6.35. The molecule has 0 saturated carbocycles. The minimum atomic E-state index is -0.349. The van der Waals surface area contributed by atoms with Gasteiger partial charge in [-0.05, 0) is 29.5 Å². The van der Waals surface area contributed by atoms with Crippen molar-refractivity contribution in [2.45, 2.75) is 6.54 Å². The SMILES string of the molecule is Fc1cccc(-c2nnn(Cc3c(Cl)cccc3Cl)n2)c1. The molecule has 4 nitrogen and oxygen atoms in total. The Morgan fingerprint density at radius 3 is 2.48 bits per heavy atom. The topological polar surface area (TPSA) is 43.6 Å². The zero-order valence-corrected chi connectivity index (χ0v) is 12.2. The van der Waals surface area contributed by atoms with Gasteiger partial charge in [0.2, 0.25) is 5.82 Å². The van der Waals surface area contributed by atoms with Crippen LogP contribution in [-0.2, 0) is 6.54 Å². The first-order chi connectivity index (χ1) is 10.1. The number of rotatable bonds is 3. The summed E-state index contributed by atoms with van der Waals surface area (Å²) in [5, 5.41) is 13.1. The molecule has 106 valence electrons. The highest BCUT2D eigenvalue weighted by atomic mass is 35.5. The molecule has 0 spiro atoms. The number of benzene rings is 2. The highest BCUT2D eigenvalue weighted by Crippen LogP contribution is 2.25. The lowest BCUT2D eigenvalue weighted by molar-refractivity contribution is 0.573. The average Bonchev–Trinajstić information content (AvgIpc) is 2.92. The summed E-state index contributed by atoms with van der Waals surface area (Å²) in [6, 6.07) is 11.3. The monoisotopic (exact) mass is 322 g/mol. The highest BCUT2D eigenvalue weighted by Gasteiger charge is 2.10. The van der Waals surface area contributed by atoms with Crippen molar-refractivity contribution in [3.63, 3.8) is 0 Å². The molecule has 0 bridgehead atoms. The number of nitrogens with zero attached hydrogens (tertiary/aromatic N) is 4. The van der Waals surface area contributed by atoms with Crippen LogP contribution in [0.2, 0.25) is 10.0 Å². The van der Waals surface area contributed by atoms with Crippen LogP contribution in [0, 0.1) is 5.82 Å². The van der Waals surface area contributed by atoms with E-state index in [1.807, 2.05) is 0 Å². The molecule has 0 atom stereocenters. The van der Waals surface area contributed by atoms with Crippen molar-refractivity contribution in [2.75, 3.05) is 0 Å². The smallest absolute Gasteiger partial charge is 0.205 e. The summed E-state index contributed by atoms with van der Waals surface area (Å²) < 4.78 is 13.2. The van der Waals surface area contributed by atoms with E-state index in [2.05, 4.69) is 15.4 Å². The molecule has 0 fully saturated rings. The maximum absolute atomic E-state index is 13.2. The van der Waals surface area contributed by atoms with Gasteiger partial charge >= 0.3 is 0 Å². The Hall–Kier alpha value is -1.98. The van der Waals surface area contributed by atoms with Gasteiger partial charge in [0, 0.05) is 21.2 Å². The molecule has 0 amide bonds. The predicted octanol–water partition coefficient (Wildman–Crippen LogP) is 3.83. The summed E-state index contributed by atoms with van der Waals surface area (Å²) in [6.07, 6.45) is 0. The Morgan fingerprint density at radius 1 is 1.05 bits per heavy atom. The van der Waals surface area contributed by atoms with Gasteiger partial charge in [0.1, 0.15) is 5.82 Å². The first-order valence-corrected chi connectivity index (χ1v) is 6.86. The fourth-order valence-corrected chi connectivity index (χ4v) is 2.40. The van der Waals surface area contributed by atoms with Crippen molar-refractivity contribution < 1.29 is 4.39 Å². The zero-order valence-electron chi connectivity index (χ0n) is 10.7. The van der Waals surface area contributed by atoms with E-state index in [0.29, 0.717) is 33.5 Å². The summed E-state index contributed by atoms with van der Waals surface area (Å²) in [4.78, 5) is 1.37. The Kier molecular flexibility index (Phi) is 3.86. The molecule has 0 aliphatic rings. The van der Waals surface area contributed by atoms with Gasteiger partial charge in [0.25, 0.3) is 0 Å². The summed E-state index contributed by atoms with van der Waals surface area (Å²) in [7, 11) is 0. The second kappa shape index (κ2) is 5.79. The van der Waals surface area contributed by atoms with E-state index >= 15 is 0 Å². The molecule has 1 heterocycles. The van der Waals surface area contributed by atoms with Crippen LogP contribution in [0.15, 0.2) is 42.5 Å². The van der Waals surface area contributed by atoms with Gasteiger partial charge in [-0.25, -0.2) is 4.39 Å². The van der Waals surface area contributed by atoms with Gasteiger partial charge in [-0.2, -0.15) is 4.80 Å². The molecule has 0 aliphatic carbocycles. The second-order valence-corrected chi connectivity index (χ2v) is 5.17. The van der Waals surface area contributed by atoms with Gasteiger partial charge < -0.3 is 0 Å². The third-order valence-electron chi connectivity index (χ3n) is 2.90. The van der Waals surface area contributed by atoms with Crippen LogP contribution >= 0.6 is 23.2 Å². The molecule has 0 radical (unpaired) electrons. The van der Waals surface area contributed by atoms with Crippen molar-refractivity contribution in [3.05, 3.63) is 63.9 Å². The Balaban J connectivity index is 1.89. The number of aromatic nitrogens is 4. The lowest BCUT2D eigenvalue weighted by atomic mass is 10.2. The van der Waals surface area contributed by atoms with E-state index in [1.54, 1.807) is 30.3 Å². The van der Waals surface area contributed by atoms with Crippen LogP contribution in [0.1, 0.15) is 5.56 Å². The molecule has 3 rings (SSSR count). The number of halogens is 3. The summed E-state index contributed by atoms with van der Waals surface area (Å²) in [5.74, 6) is -0.00401. The van der Waals surface area contributed by atoms with E-state index < -0.39 is 0 Å². The van der Waals surface area contributed by atoms with Crippen molar-refractivity contribution in [3.8, 4) is 11.4 Å². The summed E-state index contributed by atoms with van der Waals surface area (Å²) in [6.45, 7) is 0.292. The molecule has 0 aliphatic heterocycles. The van der Waals surface area contributed by atoms with Crippen molar-refractivity contribution in [2.24, 2.45) is 0 Å². The van der Waals surface area contributed by atoms with E-state index in [-0.39, 0.29) is 5.82 Å². The largest absolute Gasteiger partial charge is 0.207 e. The molecule has 21 heavy (non-hydrogen) atoms. The Morgan fingerprint density at radius 2 is 1.76 bits per heavy atom. The van der Waals surface area contributed by atoms with Crippen LogP contribution in [0.3, 0.4) is 0 Å². The van der Waals surface area contributed by atoms with Gasteiger partial charge in [-0.3, -0.25) is 0 Å². The molecule has 0 unspecified atom stereocenters. The molecule has 7 heteroatoms. The lowest BCUT2D eigenvalue weighted by Gasteiger charge is -2.04. The zero-order chi connectivity index (χ0) is 14.8. The van der Waals surface area contributed by atoms with Crippen molar-refractivity contribution in [1.82, 2.24) is 20.2 Å². The fraction of sp³-hybridized carbons (Fsp3) is 0.0714. The molecular formula is C14H9Cl2FN4. The van der Waals surface area contributed by atoms with Gasteiger partial charge in [0.15, 0.2) is 0 Å².